The molecule has 2 aromatic rings. The first-order valence-corrected chi connectivity index (χ1v) is 9.92. The third kappa shape index (κ3) is 7.80. The smallest absolute Gasteiger partial charge is 0.310 e. The van der Waals surface area contributed by atoms with Gasteiger partial charge in [0.25, 0.3) is 6.47 Å². The Labute approximate surface area is 185 Å². The third-order valence-electron chi connectivity index (χ3n) is 4.49. The average Bonchev–Trinajstić information content (AvgIpc) is 3.43. The van der Waals surface area contributed by atoms with Gasteiger partial charge in [-0.1, -0.05) is 30.3 Å². The average molecular weight is 442 g/mol. The molecule has 3 rings (SSSR count). The highest BCUT2D eigenvalue weighted by Gasteiger charge is 2.28. The van der Waals surface area contributed by atoms with Crippen LogP contribution in [0.2, 0.25) is 0 Å². The Morgan fingerprint density at radius 1 is 1.25 bits per heavy atom. The molecule has 170 valence electrons. The minimum absolute atomic E-state index is 0.151. The number of H-pyrrole nitrogens is 1. The van der Waals surface area contributed by atoms with Crippen LogP contribution in [0, 0.1) is 0 Å². The monoisotopic (exact) mass is 442 g/mol. The van der Waals surface area contributed by atoms with E-state index < -0.39 is 0 Å². The Kier molecular flexibility index (Phi) is 9.79. The molecule has 2 atom stereocenters. The summed E-state index contributed by atoms with van der Waals surface area (Å²) in [4.78, 5) is 42.6. The number of carboxylic acid groups (broad SMARTS) is 1. The molecule has 1 aromatic heterocycles. The molecule has 2 heterocycles. The van der Waals surface area contributed by atoms with Gasteiger partial charge in [-0.15, -0.1) is 0 Å². The number of rotatable bonds is 6. The molecule has 0 radical (unpaired) electrons. The molecule has 1 saturated heterocycles. The molecule has 1 fully saturated rings. The lowest BCUT2D eigenvalue weighted by Crippen LogP contribution is -2.19. The van der Waals surface area contributed by atoms with Crippen molar-refractivity contribution in [2.45, 2.75) is 38.4 Å². The molecule has 1 aliphatic rings. The van der Waals surface area contributed by atoms with Crippen LogP contribution in [0.15, 0.2) is 52.4 Å². The number of aromatic nitrogens is 1. The minimum atomic E-state index is -0.365. The van der Waals surface area contributed by atoms with Crippen molar-refractivity contribution >= 4 is 30.5 Å². The number of nitrogens with one attached hydrogen (secondary N) is 1. The summed E-state index contributed by atoms with van der Waals surface area (Å²) < 4.78 is 11.4. The summed E-state index contributed by atoms with van der Waals surface area (Å²) in [5, 5.41) is 6.89. The topological polar surface area (TPSA) is 156 Å². The molecule has 32 heavy (non-hydrogen) atoms. The van der Waals surface area contributed by atoms with Gasteiger partial charge in [-0.25, -0.2) is 4.99 Å². The minimum Gasteiger partial charge on any atom is -0.483 e. The van der Waals surface area contributed by atoms with E-state index >= 15 is 0 Å². The largest absolute Gasteiger partial charge is 0.483 e. The van der Waals surface area contributed by atoms with Gasteiger partial charge in [0.15, 0.2) is 5.84 Å². The molecule has 2 unspecified atom stereocenters. The van der Waals surface area contributed by atoms with Crippen molar-refractivity contribution in [3.63, 3.8) is 0 Å². The van der Waals surface area contributed by atoms with Gasteiger partial charge in [0.1, 0.15) is 6.61 Å². The number of benzene rings is 1. The molecule has 10 nitrogen and oxygen atoms in total. The van der Waals surface area contributed by atoms with E-state index in [0.717, 1.165) is 30.4 Å². The van der Waals surface area contributed by atoms with Gasteiger partial charge in [0, 0.05) is 12.6 Å². The number of amidine groups is 1. The number of nitrogens with zero attached hydrogens (tertiary/aromatic N) is 2. The number of carbonyl (C=O) groups is 3. The fourth-order valence-electron chi connectivity index (χ4n) is 3.17. The van der Waals surface area contributed by atoms with E-state index in [-0.39, 0.29) is 49.4 Å². The first-order valence-electron chi connectivity index (χ1n) is 9.92. The fraction of sp³-hybridized carbons (Fsp3) is 0.318. The quantitative estimate of drug-likeness (QED) is 0.267. The number of hydrogen-bond acceptors (Lipinski definition) is 5. The van der Waals surface area contributed by atoms with Gasteiger partial charge in [-0.2, -0.15) is 4.99 Å². The molecule has 1 aliphatic heterocycles. The summed E-state index contributed by atoms with van der Waals surface area (Å²) in [5.41, 5.74) is 7.68. The fourth-order valence-corrected chi connectivity index (χ4v) is 3.17. The summed E-state index contributed by atoms with van der Waals surface area (Å²) >= 11 is 0. The lowest BCUT2D eigenvalue weighted by molar-refractivity contribution is -0.146. The zero-order chi connectivity index (χ0) is 23.3. The van der Waals surface area contributed by atoms with Crippen LogP contribution in [-0.4, -0.2) is 53.3 Å². The van der Waals surface area contributed by atoms with Gasteiger partial charge in [-0.3, -0.25) is 14.4 Å². The maximum Gasteiger partial charge on any atom is 0.310 e. The van der Waals surface area contributed by atoms with Crippen molar-refractivity contribution in [2.24, 2.45) is 15.7 Å². The standard InChI is InChI=1S/C21H24N4O4.CH2O2/c1-14(26)24-21(23-13-22)18-9-8-17(25-18)19-10-7-16(29-19)12-28-20(27)11-15-5-3-2-4-6-15;2-1-3/h2-6,8-9,13,16,19,25H,7,10-12H2,1H3,(H2,22,23,24,26);1H,(H,2,3). The number of aliphatic imine (C=N–C) groups is 2. The van der Waals surface area contributed by atoms with Crippen LogP contribution in [-0.2, 0) is 30.3 Å². The molecular weight excluding hydrogens is 416 g/mol. The number of nitrogens with two attached hydrogens (primary N) is 1. The Bertz CT molecular complexity index is 954. The van der Waals surface area contributed by atoms with Gasteiger partial charge in [0.05, 0.1) is 30.7 Å². The number of esters is 1. The third-order valence-corrected chi connectivity index (χ3v) is 4.49. The van der Waals surface area contributed by atoms with Crippen LogP contribution in [0.1, 0.15) is 42.8 Å². The van der Waals surface area contributed by atoms with Gasteiger partial charge in [0.2, 0.25) is 5.91 Å². The molecule has 10 heteroatoms. The highest BCUT2D eigenvalue weighted by atomic mass is 16.6. The molecule has 0 saturated carbocycles. The van der Waals surface area contributed by atoms with E-state index in [9.17, 15) is 9.59 Å². The Hall–Kier alpha value is -3.79. The highest BCUT2D eigenvalue weighted by Crippen LogP contribution is 2.32. The van der Waals surface area contributed by atoms with E-state index in [1.165, 1.54) is 6.92 Å². The van der Waals surface area contributed by atoms with E-state index in [1.54, 1.807) is 6.07 Å². The second-order valence-corrected chi connectivity index (χ2v) is 6.83. The van der Waals surface area contributed by atoms with Crippen LogP contribution in [0.4, 0.5) is 0 Å². The molecule has 4 N–H and O–H groups in total. The van der Waals surface area contributed by atoms with Crippen molar-refractivity contribution in [3.8, 4) is 0 Å². The lowest BCUT2D eigenvalue weighted by Gasteiger charge is -2.13. The number of ether oxygens (including phenoxy) is 2. The lowest BCUT2D eigenvalue weighted by atomic mass is 10.1. The number of amides is 1. The molecule has 1 aromatic carbocycles. The van der Waals surface area contributed by atoms with E-state index in [0.29, 0.717) is 5.69 Å². The van der Waals surface area contributed by atoms with Crippen molar-refractivity contribution in [2.75, 3.05) is 6.61 Å². The summed E-state index contributed by atoms with van der Waals surface area (Å²) in [6.07, 6.45) is 2.61. The number of aromatic amines is 1. The van der Waals surface area contributed by atoms with Gasteiger partial charge < -0.3 is 25.3 Å². The number of carbonyl (C=O) groups excluding carboxylic acids is 2. The summed E-state index contributed by atoms with van der Waals surface area (Å²) in [6, 6.07) is 13.1. The zero-order valence-electron chi connectivity index (χ0n) is 17.6. The van der Waals surface area contributed by atoms with Gasteiger partial charge >= 0.3 is 5.97 Å². The predicted octanol–water partition coefficient (Wildman–Crippen LogP) is 2.00. The normalized spacial score (nSPS) is 18.1. The number of hydrogen-bond donors (Lipinski definition) is 3. The SMILES string of the molecule is CC(=O)N=C(N=CN)c1ccc(C2CCC(COC(=O)Cc3ccccc3)O2)[nH]1.O=CO. The first kappa shape index (κ1) is 24.5. The predicted molar refractivity (Wildman–Crippen MR) is 117 cm³/mol. The second-order valence-electron chi connectivity index (χ2n) is 6.83. The van der Waals surface area contributed by atoms with Crippen LogP contribution >= 0.6 is 0 Å². The van der Waals surface area contributed by atoms with E-state index in [2.05, 4.69) is 15.0 Å². The Balaban J connectivity index is 0.00000114. The van der Waals surface area contributed by atoms with Crippen LogP contribution in [0.25, 0.3) is 0 Å². The molecule has 0 aliphatic carbocycles. The maximum atomic E-state index is 12.0. The van der Waals surface area contributed by atoms with Crippen molar-refractivity contribution in [1.82, 2.24) is 4.98 Å². The van der Waals surface area contributed by atoms with E-state index in [4.69, 9.17) is 25.1 Å². The molecule has 1 amide bonds. The first-order chi connectivity index (χ1) is 15.5. The van der Waals surface area contributed by atoms with Crippen LogP contribution < -0.4 is 5.73 Å². The highest BCUT2D eigenvalue weighted by molar-refractivity contribution is 6.06. The molecule has 0 bridgehead atoms. The maximum absolute atomic E-state index is 12.0. The Morgan fingerprint density at radius 3 is 2.62 bits per heavy atom. The summed E-state index contributed by atoms with van der Waals surface area (Å²) in [5.74, 6) is -0.415. The second kappa shape index (κ2) is 12.8. The van der Waals surface area contributed by atoms with Crippen molar-refractivity contribution in [3.05, 3.63) is 59.4 Å². The zero-order valence-corrected chi connectivity index (χ0v) is 17.6. The van der Waals surface area contributed by atoms with Crippen LogP contribution in [0.3, 0.4) is 0 Å². The van der Waals surface area contributed by atoms with Crippen molar-refractivity contribution in [1.29, 1.82) is 0 Å². The summed E-state index contributed by atoms with van der Waals surface area (Å²) in [6.45, 7) is 1.32. The molecule has 0 spiro atoms. The molecular formula is C22H26N4O6. The van der Waals surface area contributed by atoms with Gasteiger partial charge in [-0.05, 0) is 30.5 Å². The van der Waals surface area contributed by atoms with Crippen LogP contribution in [0.5, 0.6) is 0 Å². The van der Waals surface area contributed by atoms with E-state index in [1.807, 2.05) is 36.4 Å². The summed E-state index contributed by atoms with van der Waals surface area (Å²) in [7, 11) is 0. The Morgan fingerprint density at radius 2 is 1.97 bits per heavy atom. The van der Waals surface area contributed by atoms with Crippen molar-refractivity contribution < 1.29 is 29.0 Å².